The molecule has 1 aromatic carbocycles. The molecule has 0 aliphatic rings. The van der Waals surface area contributed by atoms with E-state index in [4.69, 9.17) is 0 Å². The van der Waals surface area contributed by atoms with Gasteiger partial charge in [0.15, 0.2) is 5.82 Å². The Morgan fingerprint density at radius 3 is 2.76 bits per heavy atom. The Kier molecular flexibility index (Phi) is 5.42. The molecule has 112 valence electrons. The second-order valence-electron chi connectivity index (χ2n) is 5.04. The Hall–Kier alpha value is -1.33. The summed E-state index contributed by atoms with van der Waals surface area (Å²) >= 11 is 3.19. The zero-order valence-electron chi connectivity index (χ0n) is 12.5. The van der Waals surface area contributed by atoms with E-state index in [1.54, 1.807) is 12.1 Å². The summed E-state index contributed by atoms with van der Waals surface area (Å²) in [6, 6.07) is 5.02. The molecule has 0 bridgehead atoms. The van der Waals surface area contributed by atoms with Gasteiger partial charge in [-0.3, -0.25) is 0 Å². The van der Waals surface area contributed by atoms with Gasteiger partial charge in [0.05, 0.1) is 4.47 Å². The number of hydrogen-bond acceptors (Lipinski definition) is 3. The monoisotopic (exact) mass is 351 g/mol. The first-order valence-electron chi connectivity index (χ1n) is 7.05. The average molecular weight is 352 g/mol. The van der Waals surface area contributed by atoms with Crippen LogP contribution in [0.1, 0.15) is 37.6 Å². The minimum Gasteiger partial charge on any atom is -0.310 e. The topological polar surface area (TPSA) is 37.8 Å². The maximum atomic E-state index is 13.3. The molecule has 21 heavy (non-hydrogen) atoms. The first-order chi connectivity index (χ1) is 10.0. The van der Waals surface area contributed by atoms with Crippen LogP contribution < -0.4 is 5.32 Å². The second kappa shape index (κ2) is 7.09. The first-order valence-corrected chi connectivity index (χ1v) is 7.84. The Morgan fingerprint density at radius 1 is 1.38 bits per heavy atom. The van der Waals surface area contributed by atoms with Gasteiger partial charge >= 0.3 is 0 Å². The average Bonchev–Trinajstić information content (AvgIpc) is 2.47. The molecule has 0 spiro atoms. The zero-order valence-corrected chi connectivity index (χ0v) is 14.0. The van der Waals surface area contributed by atoms with E-state index >= 15 is 0 Å². The fourth-order valence-electron chi connectivity index (χ4n) is 2.15. The van der Waals surface area contributed by atoms with E-state index in [2.05, 4.69) is 45.1 Å². The van der Waals surface area contributed by atoms with Crippen LogP contribution in [0, 0.1) is 12.7 Å². The van der Waals surface area contributed by atoms with Crippen LogP contribution in [0.3, 0.4) is 0 Å². The van der Waals surface area contributed by atoms with Crippen molar-refractivity contribution >= 4 is 15.9 Å². The molecule has 1 aromatic heterocycles. The van der Waals surface area contributed by atoms with E-state index in [1.807, 2.05) is 13.1 Å². The first kappa shape index (κ1) is 16.0. The Balaban J connectivity index is 2.27. The van der Waals surface area contributed by atoms with Crippen molar-refractivity contribution in [3.63, 3.8) is 0 Å². The largest absolute Gasteiger partial charge is 0.310 e. The van der Waals surface area contributed by atoms with Gasteiger partial charge in [0, 0.05) is 29.1 Å². The molecule has 3 nitrogen and oxygen atoms in total. The smallest absolute Gasteiger partial charge is 0.159 e. The molecule has 5 heteroatoms. The van der Waals surface area contributed by atoms with Gasteiger partial charge in [-0.2, -0.15) is 0 Å². The quantitative estimate of drug-likeness (QED) is 0.866. The fourth-order valence-corrected chi connectivity index (χ4v) is 2.53. The molecule has 0 amide bonds. The highest BCUT2D eigenvalue weighted by molar-refractivity contribution is 9.10. The van der Waals surface area contributed by atoms with E-state index in [0.29, 0.717) is 10.3 Å². The van der Waals surface area contributed by atoms with Crippen molar-refractivity contribution in [1.29, 1.82) is 0 Å². The third-order valence-corrected chi connectivity index (χ3v) is 3.97. The summed E-state index contributed by atoms with van der Waals surface area (Å²) in [6.45, 7) is 7.19. The summed E-state index contributed by atoms with van der Waals surface area (Å²) in [5, 5.41) is 3.43. The number of hydrogen-bond donors (Lipinski definition) is 1. The molecule has 1 unspecified atom stereocenters. The number of nitrogens with zero attached hydrogens (tertiary/aromatic N) is 2. The summed E-state index contributed by atoms with van der Waals surface area (Å²) in [6.07, 6.45) is 2.94. The third-order valence-electron chi connectivity index (χ3n) is 3.36. The van der Waals surface area contributed by atoms with Gasteiger partial charge in [-0.1, -0.05) is 6.92 Å². The van der Waals surface area contributed by atoms with Gasteiger partial charge in [0.1, 0.15) is 5.82 Å². The van der Waals surface area contributed by atoms with E-state index in [1.165, 1.54) is 6.07 Å². The number of aryl methyl sites for hydroxylation is 1. The van der Waals surface area contributed by atoms with Crippen molar-refractivity contribution < 1.29 is 4.39 Å². The van der Waals surface area contributed by atoms with Gasteiger partial charge < -0.3 is 5.32 Å². The van der Waals surface area contributed by atoms with Crippen molar-refractivity contribution in [2.75, 3.05) is 6.54 Å². The molecule has 0 fully saturated rings. The molecular weight excluding hydrogens is 333 g/mol. The molecule has 2 rings (SSSR count). The van der Waals surface area contributed by atoms with Crippen molar-refractivity contribution in [2.45, 2.75) is 33.2 Å². The van der Waals surface area contributed by atoms with Crippen molar-refractivity contribution in [1.82, 2.24) is 15.3 Å². The maximum absolute atomic E-state index is 13.3. The number of aromatic nitrogens is 2. The fraction of sp³-hybridized carbons (Fsp3) is 0.375. The number of halogens is 2. The molecule has 2 aromatic rings. The highest BCUT2D eigenvalue weighted by atomic mass is 79.9. The summed E-state index contributed by atoms with van der Waals surface area (Å²) in [5.41, 5.74) is 2.83. The van der Waals surface area contributed by atoms with E-state index < -0.39 is 0 Å². The van der Waals surface area contributed by atoms with Gasteiger partial charge in [-0.25, -0.2) is 14.4 Å². The van der Waals surface area contributed by atoms with E-state index in [0.717, 1.165) is 29.8 Å². The van der Waals surface area contributed by atoms with Crippen LogP contribution in [0.2, 0.25) is 0 Å². The van der Waals surface area contributed by atoms with Crippen molar-refractivity contribution in [2.24, 2.45) is 0 Å². The molecule has 0 radical (unpaired) electrons. The molecule has 0 aliphatic heterocycles. The Bertz CT molecular complexity index is 631. The van der Waals surface area contributed by atoms with Crippen LogP contribution in [0.15, 0.2) is 28.9 Å². The number of nitrogens with one attached hydrogen (secondary N) is 1. The molecule has 1 N–H and O–H groups in total. The molecule has 0 aliphatic carbocycles. The molecule has 0 saturated heterocycles. The van der Waals surface area contributed by atoms with Crippen LogP contribution >= 0.6 is 15.9 Å². The van der Waals surface area contributed by atoms with Crippen LogP contribution in [0.5, 0.6) is 0 Å². The van der Waals surface area contributed by atoms with Gasteiger partial charge in [0.25, 0.3) is 0 Å². The number of rotatable bonds is 5. The summed E-state index contributed by atoms with van der Waals surface area (Å²) in [7, 11) is 0. The van der Waals surface area contributed by atoms with Gasteiger partial charge in [0.2, 0.25) is 0 Å². The summed E-state index contributed by atoms with van der Waals surface area (Å²) in [4.78, 5) is 8.96. The van der Waals surface area contributed by atoms with Crippen LogP contribution in [-0.4, -0.2) is 16.5 Å². The third kappa shape index (κ3) is 3.86. The molecular formula is C16H19BrFN3. The molecule has 1 atom stereocenters. The highest BCUT2D eigenvalue weighted by Gasteiger charge is 2.12. The van der Waals surface area contributed by atoms with Gasteiger partial charge in [-0.15, -0.1) is 0 Å². The number of benzene rings is 1. The maximum Gasteiger partial charge on any atom is 0.159 e. The normalized spacial score (nSPS) is 12.4. The lowest BCUT2D eigenvalue weighted by Crippen LogP contribution is -2.20. The lowest BCUT2D eigenvalue weighted by Gasteiger charge is -2.15. The van der Waals surface area contributed by atoms with E-state index in [-0.39, 0.29) is 11.9 Å². The lowest BCUT2D eigenvalue weighted by atomic mass is 10.1. The van der Waals surface area contributed by atoms with Crippen molar-refractivity contribution in [3.8, 4) is 11.4 Å². The Labute approximate surface area is 133 Å². The summed E-state index contributed by atoms with van der Waals surface area (Å²) in [5.74, 6) is 0.323. The highest BCUT2D eigenvalue weighted by Crippen LogP contribution is 2.24. The SMILES string of the molecule is CCCNC(C)c1cnc(-c2ccc(F)c(Br)c2)nc1C. The van der Waals surface area contributed by atoms with Crippen molar-refractivity contribution in [3.05, 3.63) is 45.9 Å². The predicted molar refractivity (Wildman–Crippen MR) is 86.6 cm³/mol. The minimum atomic E-state index is -0.288. The minimum absolute atomic E-state index is 0.221. The lowest BCUT2D eigenvalue weighted by molar-refractivity contribution is 0.564. The standard InChI is InChI=1S/C16H19BrFN3/c1-4-7-19-10(2)13-9-20-16(21-11(13)3)12-5-6-15(18)14(17)8-12/h5-6,8-10,19H,4,7H2,1-3H3. The molecule has 1 heterocycles. The second-order valence-corrected chi connectivity index (χ2v) is 5.89. The van der Waals surface area contributed by atoms with Crippen LogP contribution in [0.4, 0.5) is 4.39 Å². The summed E-state index contributed by atoms with van der Waals surface area (Å²) < 4.78 is 13.7. The van der Waals surface area contributed by atoms with Gasteiger partial charge in [-0.05, 0) is 60.9 Å². The van der Waals surface area contributed by atoms with Crippen LogP contribution in [-0.2, 0) is 0 Å². The van der Waals surface area contributed by atoms with Crippen LogP contribution in [0.25, 0.3) is 11.4 Å². The zero-order chi connectivity index (χ0) is 15.4. The predicted octanol–water partition coefficient (Wildman–Crippen LogP) is 4.41. The Morgan fingerprint density at radius 2 is 2.14 bits per heavy atom. The molecule has 0 saturated carbocycles. The van der Waals surface area contributed by atoms with E-state index in [9.17, 15) is 4.39 Å².